The van der Waals surface area contributed by atoms with E-state index in [1.54, 1.807) is 0 Å². The van der Waals surface area contributed by atoms with E-state index in [0.717, 1.165) is 61.8 Å². The predicted molar refractivity (Wildman–Crippen MR) is 195 cm³/mol. The first-order valence-corrected chi connectivity index (χ1v) is 19.1. The van der Waals surface area contributed by atoms with E-state index < -0.39 is 41.6 Å². The molecule has 0 aliphatic carbocycles. The Kier molecular flexibility index (Phi) is 13.6. The van der Waals surface area contributed by atoms with Crippen LogP contribution in [0.15, 0.2) is 36.4 Å². The second kappa shape index (κ2) is 17.8. The van der Waals surface area contributed by atoms with Gasteiger partial charge in [0.2, 0.25) is 0 Å². The number of esters is 1. The molecule has 55 heavy (non-hydrogen) atoms. The van der Waals surface area contributed by atoms with Gasteiger partial charge in [-0.15, -0.1) is 0 Å². The van der Waals surface area contributed by atoms with Crippen molar-refractivity contribution in [3.63, 3.8) is 0 Å². The van der Waals surface area contributed by atoms with Crippen molar-refractivity contribution in [2.24, 2.45) is 0 Å². The third-order valence-electron chi connectivity index (χ3n) is 10.9. The first kappa shape index (κ1) is 42.0. The standard InChI is InChI=1S/C40H50F6N4O5/c1-5-7-13-29(14-8-6-2)48-21-23-49(24-22-48)36(51)35-30(25-47-19-17-28(18-20-47)33-26(3)11-9-12-27(33)4)34-31(50(35)55-38(53)40(44,45)46)15-10-16-32(34)54-37(52)39(41,42)43/h9-12,15-16,28-29H,5-8,13-14,17-25H2,1-4H3. The van der Waals surface area contributed by atoms with Crippen molar-refractivity contribution in [3.8, 4) is 5.75 Å². The number of aryl methyl sites for hydroxylation is 2. The lowest BCUT2D eigenvalue weighted by Crippen LogP contribution is -2.52. The topological polar surface area (TPSA) is 84.3 Å². The molecule has 2 aliphatic heterocycles. The summed E-state index contributed by atoms with van der Waals surface area (Å²) in [6.07, 6.45) is -3.31. The number of benzene rings is 2. The van der Waals surface area contributed by atoms with E-state index in [1.807, 2.05) is 36.9 Å². The van der Waals surface area contributed by atoms with Crippen molar-refractivity contribution in [3.05, 3.63) is 64.3 Å². The normalized spacial score (nSPS) is 16.6. The fraction of sp³-hybridized carbons (Fsp3) is 0.575. The Hall–Kier alpha value is -4.11. The molecule has 2 aliphatic rings. The van der Waals surface area contributed by atoms with Gasteiger partial charge in [-0.2, -0.15) is 31.1 Å². The van der Waals surface area contributed by atoms with Crippen molar-refractivity contribution in [2.45, 2.75) is 110 Å². The van der Waals surface area contributed by atoms with Gasteiger partial charge in [0, 0.05) is 44.3 Å². The van der Waals surface area contributed by atoms with Crippen LogP contribution in [-0.4, -0.2) is 94.9 Å². The highest BCUT2D eigenvalue weighted by Gasteiger charge is 2.45. The zero-order valence-corrected chi connectivity index (χ0v) is 31.8. The Morgan fingerprint density at radius 1 is 0.782 bits per heavy atom. The highest BCUT2D eigenvalue weighted by molar-refractivity contribution is 6.04. The molecule has 2 aromatic carbocycles. The Bertz CT molecular complexity index is 1800. The molecule has 0 unspecified atom stereocenters. The molecule has 2 saturated heterocycles. The minimum absolute atomic E-state index is 0.00253. The van der Waals surface area contributed by atoms with E-state index in [4.69, 9.17) is 9.57 Å². The lowest BCUT2D eigenvalue weighted by atomic mass is 9.84. The number of hydrogen-bond donors (Lipinski definition) is 0. The first-order chi connectivity index (χ1) is 26.0. The maximum atomic E-state index is 14.6. The number of ether oxygens (including phenoxy) is 1. The van der Waals surface area contributed by atoms with Gasteiger partial charge in [0.25, 0.3) is 5.91 Å². The number of unbranched alkanes of at least 4 members (excludes halogenated alkanes) is 2. The van der Waals surface area contributed by atoms with Crippen LogP contribution in [0.1, 0.15) is 104 Å². The molecule has 0 spiro atoms. The Labute approximate surface area is 317 Å². The number of piperazine rings is 1. The minimum Gasteiger partial charge on any atom is -0.419 e. The van der Waals surface area contributed by atoms with E-state index in [1.165, 1.54) is 16.5 Å². The molecule has 1 aromatic heterocycles. The summed E-state index contributed by atoms with van der Waals surface area (Å²) in [5.41, 5.74) is 2.77. The maximum Gasteiger partial charge on any atom is 0.493 e. The monoisotopic (exact) mass is 780 g/mol. The molecule has 0 radical (unpaired) electrons. The molecule has 3 heterocycles. The van der Waals surface area contributed by atoms with Gasteiger partial charge >= 0.3 is 24.3 Å². The molecule has 0 bridgehead atoms. The van der Waals surface area contributed by atoms with Crippen molar-refractivity contribution < 1.29 is 50.3 Å². The fourth-order valence-corrected chi connectivity index (χ4v) is 8.10. The molecular weight excluding hydrogens is 730 g/mol. The van der Waals surface area contributed by atoms with Gasteiger partial charge in [0.15, 0.2) is 5.69 Å². The summed E-state index contributed by atoms with van der Waals surface area (Å²) in [5.74, 6) is -6.35. The van der Waals surface area contributed by atoms with Crippen LogP contribution in [0.4, 0.5) is 26.3 Å². The second-order valence-electron chi connectivity index (χ2n) is 14.7. The average molecular weight is 781 g/mol. The summed E-state index contributed by atoms with van der Waals surface area (Å²) in [6, 6.07) is 9.82. The Morgan fingerprint density at radius 2 is 1.35 bits per heavy atom. The molecular formula is C40H50F6N4O5. The third kappa shape index (κ3) is 9.83. The smallest absolute Gasteiger partial charge is 0.419 e. The number of hydrogen-bond acceptors (Lipinski definition) is 7. The molecule has 9 nitrogen and oxygen atoms in total. The lowest BCUT2D eigenvalue weighted by molar-refractivity contribution is -0.199. The fourth-order valence-electron chi connectivity index (χ4n) is 8.10. The average Bonchev–Trinajstić information content (AvgIpc) is 3.44. The highest BCUT2D eigenvalue weighted by Crippen LogP contribution is 2.39. The number of alkyl halides is 6. The third-order valence-corrected chi connectivity index (χ3v) is 10.9. The quantitative estimate of drug-likeness (QED) is 0.0985. The molecule has 1 amide bonds. The maximum absolute atomic E-state index is 14.6. The number of carbonyl (C=O) groups is 3. The minimum atomic E-state index is -5.47. The molecule has 0 saturated carbocycles. The van der Waals surface area contributed by atoms with Gasteiger partial charge in [-0.3, -0.25) is 14.6 Å². The molecule has 0 N–H and O–H groups in total. The molecule has 302 valence electrons. The summed E-state index contributed by atoms with van der Waals surface area (Å²) in [4.78, 5) is 49.8. The number of aromatic nitrogens is 1. The van der Waals surface area contributed by atoms with Crippen LogP contribution in [0.3, 0.4) is 0 Å². The number of carbonyl (C=O) groups excluding carboxylic acids is 3. The molecule has 2 fully saturated rings. The van der Waals surface area contributed by atoms with Crippen LogP contribution >= 0.6 is 0 Å². The van der Waals surface area contributed by atoms with Gasteiger partial charge in [-0.1, -0.05) is 63.8 Å². The van der Waals surface area contributed by atoms with Crippen molar-refractivity contribution in [1.82, 2.24) is 19.4 Å². The SMILES string of the molecule is CCCCC(CCCC)N1CCN(C(=O)c2c(CN3CCC(c4c(C)cccc4C)CC3)c3c(OC(=O)C(F)(F)F)cccc3n2OC(=O)C(F)(F)F)CC1. The zero-order valence-electron chi connectivity index (χ0n) is 31.8. The number of likely N-dealkylation sites (tertiary alicyclic amines) is 1. The van der Waals surface area contributed by atoms with Gasteiger partial charge in [-0.05, 0) is 87.4 Å². The predicted octanol–water partition coefficient (Wildman–Crippen LogP) is 8.13. The zero-order chi connectivity index (χ0) is 40.1. The van der Waals surface area contributed by atoms with Crippen LogP contribution < -0.4 is 9.57 Å². The molecule has 15 heteroatoms. The molecule has 5 rings (SSSR count). The van der Waals surface area contributed by atoms with Crippen LogP contribution in [0.25, 0.3) is 10.9 Å². The number of nitrogens with zero attached hydrogens (tertiary/aromatic N) is 4. The lowest BCUT2D eigenvalue weighted by Gasteiger charge is -2.39. The van der Waals surface area contributed by atoms with Crippen LogP contribution in [0, 0.1) is 13.8 Å². The largest absolute Gasteiger partial charge is 0.493 e. The summed E-state index contributed by atoms with van der Waals surface area (Å²) in [6.45, 7) is 10.7. The van der Waals surface area contributed by atoms with Crippen LogP contribution in [0.2, 0.25) is 0 Å². The van der Waals surface area contributed by atoms with Gasteiger partial charge in [0.05, 0.1) is 10.9 Å². The van der Waals surface area contributed by atoms with Crippen LogP contribution in [0.5, 0.6) is 5.75 Å². The summed E-state index contributed by atoms with van der Waals surface area (Å²) in [7, 11) is 0. The van der Waals surface area contributed by atoms with E-state index in [0.29, 0.717) is 49.8 Å². The first-order valence-electron chi connectivity index (χ1n) is 19.1. The summed E-state index contributed by atoms with van der Waals surface area (Å²) >= 11 is 0. The van der Waals surface area contributed by atoms with Crippen molar-refractivity contribution >= 4 is 28.7 Å². The number of rotatable bonds is 13. The Morgan fingerprint density at radius 3 is 1.89 bits per heavy atom. The number of halogens is 6. The number of amides is 1. The number of piperidine rings is 1. The molecule has 3 aromatic rings. The van der Waals surface area contributed by atoms with E-state index in [-0.39, 0.29) is 42.0 Å². The Balaban J connectivity index is 1.55. The van der Waals surface area contributed by atoms with Gasteiger partial charge in [0.1, 0.15) is 5.75 Å². The van der Waals surface area contributed by atoms with Gasteiger partial charge < -0.3 is 14.5 Å². The van der Waals surface area contributed by atoms with Gasteiger partial charge in [-0.25, -0.2) is 9.59 Å². The van der Waals surface area contributed by atoms with E-state index in [2.05, 4.69) is 18.7 Å². The van der Waals surface area contributed by atoms with Crippen molar-refractivity contribution in [2.75, 3.05) is 39.3 Å². The highest BCUT2D eigenvalue weighted by atomic mass is 19.4. The van der Waals surface area contributed by atoms with E-state index >= 15 is 0 Å². The van der Waals surface area contributed by atoms with E-state index in [9.17, 15) is 40.7 Å². The number of fused-ring (bicyclic) bond motifs is 1. The summed E-state index contributed by atoms with van der Waals surface area (Å²) in [5, 5.41) is -0.229. The van der Waals surface area contributed by atoms with Crippen LogP contribution in [-0.2, 0) is 16.1 Å². The second-order valence-corrected chi connectivity index (χ2v) is 14.7. The molecule has 0 atom stereocenters. The van der Waals surface area contributed by atoms with Crippen molar-refractivity contribution in [1.29, 1.82) is 0 Å². The summed E-state index contributed by atoms with van der Waals surface area (Å²) < 4.78 is 86.9.